The van der Waals surface area contributed by atoms with Gasteiger partial charge in [0.1, 0.15) is 0 Å². The number of hydrogen-bond donors (Lipinski definition) is 0. The molecule has 1 heterocycles. The Balaban J connectivity index is 3.05. The Morgan fingerprint density at radius 2 is 1.82 bits per heavy atom. The molecule has 1 saturated heterocycles. The molecular weight excluding hydrogens is 312 g/mol. The Morgan fingerprint density at radius 1 is 1.32 bits per heavy atom. The van der Waals surface area contributed by atoms with Crippen molar-refractivity contribution in [1.82, 2.24) is 4.57 Å². The van der Waals surface area contributed by atoms with E-state index in [2.05, 4.69) is 4.74 Å². The van der Waals surface area contributed by atoms with Crippen LogP contribution in [0, 0.1) is 0 Å². The van der Waals surface area contributed by atoms with Gasteiger partial charge in [0.2, 0.25) is 11.7 Å². The molecular formula is C14H23F2NO4Si. The highest BCUT2D eigenvalue weighted by Crippen LogP contribution is 2.44. The van der Waals surface area contributed by atoms with Gasteiger partial charge in [-0.15, -0.1) is 0 Å². The fourth-order valence-corrected chi connectivity index (χ4v) is 4.65. The number of amides is 1. The highest BCUT2D eigenvalue weighted by Gasteiger charge is 2.61. The molecule has 1 amide bonds. The first kappa shape index (κ1) is 18.7. The van der Waals surface area contributed by atoms with Gasteiger partial charge < -0.3 is 9.30 Å². The quantitative estimate of drug-likeness (QED) is 0.335. The summed E-state index contributed by atoms with van der Waals surface area (Å²) in [6, 6.07) is -1.24. The van der Waals surface area contributed by atoms with E-state index in [9.17, 15) is 23.2 Å². The SMILES string of the molecule is CCOC(=O)C(F)(F)C(=O)[C@@H]1CC(=O)N1[Si](C)(C)C(C)(C)C. The summed E-state index contributed by atoms with van der Waals surface area (Å²) < 4.78 is 33.4. The van der Waals surface area contributed by atoms with Crippen molar-refractivity contribution in [2.45, 2.75) is 64.2 Å². The topological polar surface area (TPSA) is 63.7 Å². The summed E-state index contributed by atoms with van der Waals surface area (Å²) in [6.45, 7) is 10.6. The van der Waals surface area contributed by atoms with Crippen molar-refractivity contribution in [3.8, 4) is 0 Å². The molecule has 1 aliphatic rings. The number of β-lactam (4-membered cyclic amide) rings is 1. The number of esters is 1. The standard InChI is InChI=1S/C14H23F2NO4Si/c1-7-21-12(20)14(15,16)11(19)9-8-10(18)17(9)22(5,6)13(2,3)4/h9H,7-8H2,1-6H3/t9-/m0/s1. The van der Waals surface area contributed by atoms with E-state index in [1.165, 1.54) is 11.5 Å². The van der Waals surface area contributed by atoms with Gasteiger partial charge in [0, 0.05) is 0 Å². The summed E-state index contributed by atoms with van der Waals surface area (Å²) in [4.78, 5) is 35.3. The largest absolute Gasteiger partial charge is 0.461 e. The first-order chi connectivity index (χ1) is 9.78. The molecule has 0 spiro atoms. The molecule has 0 N–H and O–H groups in total. The maximum Gasteiger partial charge on any atom is 0.401 e. The summed E-state index contributed by atoms with van der Waals surface area (Å²) >= 11 is 0. The first-order valence-corrected chi connectivity index (χ1v) is 10.1. The molecule has 1 fully saturated rings. The predicted molar refractivity (Wildman–Crippen MR) is 79.0 cm³/mol. The van der Waals surface area contributed by atoms with Crippen LogP contribution < -0.4 is 0 Å². The van der Waals surface area contributed by atoms with Gasteiger partial charge in [-0.2, -0.15) is 8.78 Å². The maximum atomic E-state index is 13.9. The summed E-state index contributed by atoms with van der Waals surface area (Å²) in [7, 11) is -2.46. The molecule has 0 aromatic heterocycles. The fourth-order valence-electron chi connectivity index (χ4n) is 2.22. The number of nitrogens with zero attached hydrogens (tertiary/aromatic N) is 1. The molecule has 0 aliphatic carbocycles. The van der Waals surface area contributed by atoms with E-state index in [1.54, 1.807) is 0 Å². The predicted octanol–water partition coefficient (Wildman–Crippen LogP) is 2.36. The molecule has 1 aliphatic heterocycles. The summed E-state index contributed by atoms with van der Waals surface area (Å²) in [5, 5.41) is -0.291. The second kappa shape index (κ2) is 5.71. The maximum absolute atomic E-state index is 13.9. The Morgan fingerprint density at radius 3 is 2.18 bits per heavy atom. The summed E-state index contributed by atoms with van der Waals surface area (Å²) in [5.41, 5.74) is 0. The second-order valence-electron chi connectivity index (χ2n) is 6.95. The lowest BCUT2D eigenvalue weighted by Gasteiger charge is -2.54. The van der Waals surface area contributed by atoms with Crippen LogP contribution >= 0.6 is 0 Å². The van der Waals surface area contributed by atoms with Gasteiger partial charge in [-0.05, 0) is 12.0 Å². The van der Waals surface area contributed by atoms with E-state index < -0.39 is 32.0 Å². The van der Waals surface area contributed by atoms with E-state index in [-0.39, 0.29) is 24.0 Å². The van der Waals surface area contributed by atoms with Gasteiger partial charge >= 0.3 is 11.9 Å². The number of halogens is 2. The molecule has 0 aromatic carbocycles. The van der Waals surface area contributed by atoms with Crippen LogP contribution in [0.3, 0.4) is 0 Å². The molecule has 0 aromatic rings. The number of rotatable bonds is 5. The minimum Gasteiger partial charge on any atom is -0.461 e. The summed E-state index contributed by atoms with van der Waals surface area (Å²) in [6.07, 6.45) is -0.277. The molecule has 22 heavy (non-hydrogen) atoms. The molecule has 5 nitrogen and oxygen atoms in total. The van der Waals surface area contributed by atoms with Crippen molar-refractivity contribution in [3.05, 3.63) is 0 Å². The van der Waals surface area contributed by atoms with Crippen LogP contribution in [0.4, 0.5) is 8.78 Å². The highest BCUT2D eigenvalue weighted by atomic mass is 28.3. The third kappa shape index (κ3) is 2.93. The van der Waals surface area contributed by atoms with E-state index >= 15 is 0 Å². The van der Waals surface area contributed by atoms with Gasteiger partial charge in [0.05, 0.1) is 19.1 Å². The van der Waals surface area contributed by atoms with Crippen LogP contribution in [-0.2, 0) is 19.1 Å². The van der Waals surface area contributed by atoms with Crippen molar-refractivity contribution >= 4 is 25.9 Å². The molecule has 0 radical (unpaired) electrons. The number of hydrogen-bond acceptors (Lipinski definition) is 4. The van der Waals surface area contributed by atoms with Gasteiger partial charge in [-0.3, -0.25) is 9.59 Å². The Kier molecular flexibility index (Phi) is 4.87. The monoisotopic (exact) mass is 335 g/mol. The molecule has 0 unspecified atom stereocenters. The van der Waals surface area contributed by atoms with Crippen molar-refractivity contribution in [3.63, 3.8) is 0 Å². The lowest BCUT2D eigenvalue weighted by Crippen LogP contribution is -2.72. The minimum absolute atomic E-state index is 0.239. The van der Waals surface area contributed by atoms with Crippen LogP contribution in [0.25, 0.3) is 0 Å². The molecule has 1 atom stereocenters. The number of ketones is 1. The molecule has 1 rings (SSSR count). The summed E-state index contributed by atoms with van der Waals surface area (Å²) in [5.74, 6) is -7.93. The van der Waals surface area contributed by atoms with E-state index in [0.29, 0.717) is 0 Å². The molecule has 126 valence electrons. The number of carbonyl (C=O) groups excluding carboxylic acids is 3. The van der Waals surface area contributed by atoms with Crippen LogP contribution in [0.1, 0.15) is 34.1 Å². The van der Waals surface area contributed by atoms with Crippen molar-refractivity contribution in [2.75, 3.05) is 6.61 Å². The average Bonchev–Trinajstić information content (AvgIpc) is 2.33. The molecule has 8 heteroatoms. The van der Waals surface area contributed by atoms with Crippen LogP contribution in [-0.4, -0.2) is 49.0 Å². The number of carbonyl (C=O) groups is 3. The van der Waals surface area contributed by atoms with E-state index in [0.717, 1.165) is 0 Å². The average molecular weight is 335 g/mol. The lowest BCUT2D eigenvalue weighted by molar-refractivity contribution is -0.181. The van der Waals surface area contributed by atoms with Gasteiger partial charge in [0.15, 0.2) is 8.24 Å². The highest BCUT2D eigenvalue weighted by molar-refractivity contribution is 6.80. The van der Waals surface area contributed by atoms with E-state index in [1.807, 2.05) is 33.9 Å². The zero-order chi connectivity index (χ0) is 17.5. The smallest absolute Gasteiger partial charge is 0.401 e. The van der Waals surface area contributed by atoms with E-state index in [4.69, 9.17) is 0 Å². The zero-order valence-electron chi connectivity index (χ0n) is 13.8. The van der Waals surface area contributed by atoms with Crippen molar-refractivity contribution in [2.24, 2.45) is 0 Å². The Hall–Kier alpha value is -1.31. The van der Waals surface area contributed by atoms with Gasteiger partial charge in [-0.1, -0.05) is 33.9 Å². The normalized spacial score (nSPS) is 19.7. The first-order valence-electron chi connectivity index (χ1n) is 7.20. The van der Waals surface area contributed by atoms with Crippen molar-refractivity contribution < 1.29 is 27.9 Å². The number of ether oxygens (including phenoxy) is 1. The number of Topliss-reactive ketones (excluding diaryl/α,β-unsaturated/α-hetero) is 1. The zero-order valence-corrected chi connectivity index (χ0v) is 14.8. The van der Waals surface area contributed by atoms with Crippen LogP contribution in [0.2, 0.25) is 18.1 Å². The third-order valence-corrected chi connectivity index (χ3v) is 9.97. The number of alkyl halides is 2. The minimum atomic E-state index is -4.22. The fraction of sp³-hybridized carbons (Fsp3) is 0.786. The third-order valence-electron chi connectivity index (χ3n) is 4.53. The molecule has 0 saturated carbocycles. The van der Waals surface area contributed by atoms with Crippen LogP contribution in [0.15, 0.2) is 0 Å². The van der Waals surface area contributed by atoms with Crippen LogP contribution in [0.5, 0.6) is 0 Å². The van der Waals surface area contributed by atoms with Gasteiger partial charge in [-0.25, -0.2) is 4.79 Å². The Bertz CT molecular complexity index is 500. The molecule has 0 bridgehead atoms. The van der Waals surface area contributed by atoms with Crippen molar-refractivity contribution in [1.29, 1.82) is 0 Å². The Labute approximate surface area is 130 Å². The van der Waals surface area contributed by atoms with Gasteiger partial charge in [0.25, 0.3) is 0 Å². The lowest BCUT2D eigenvalue weighted by atomic mass is 9.97. The second-order valence-corrected chi connectivity index (χ2v) is 12.1.